The fourth-order valence-corrected chi connectivity index (χ4v) is 3.60. The standard InChI is InChI=1S/C16H21N5O2S/c17-12-3-2-10(8-13(12)22)15(23)20-7-4-11-9-24-16(21-11)14-18-5-1-6-19-14/h1,5-6,9-10,12-13,22H,2-4,7-8,17H2,(H,20,23)/t10-,12+,13+/m0/s1. The number of nitrogens with zero attached hydrogens (tertiary/aromatic N) is 3. The summed E-state index contributed by atoms with van der Waals surface area (Å²) in [5, 5.41) is 15.5. The molecular weight excluding hydrogens is 326 g/mol. The molecule has 0 spiro atoms. The van der Waals surface area contributed by atoms with E-state index in [-0.39, 0.29) is 17.9 Å². The predicted octanol–water partition coefficient (Wildman–Crippen LogP) is 0.747. The highest BCUT2D eigenvalue weighted by atomic mass is 32.1. The van der Waals surface area contributed by atoms with Gasteiger partial charge in [0.25, 0.3) is 0 Å². The van der Waals surface area contributed by atoms with E-state index in [1.165, 1.54) is 11.3 Å². The Balaban J connectivity index is 1.47. The maximum Gasteiger partial charge on any atom is 0.223 e. The normalized spacial score (nSPS) is 23.8. The van der Waals surface area contributed by atoms with Gasteiger partial charge in [-0.15, -0.1) is 11.3 Å². The molecule has 8 heteroatoms. The summed E-state index contributed by atoms with van der Waals surface area (Å²) in [6.45, 7) is 0.524. The third-order valence-electron chi connectivity index (χ3n) is 4.23. The molecule has 4 N–H and O–H groups in total. The van der Waals surface area contributed by atoms with Gasteiger partial charge < -0.3 is 16.2 Å². The van der Waals surface area contributed by atoms with Crippen LogP contribution in [0.3, 0.4) is 0 Å². The predicted molar refractivity (Wildman–Crippen MR) is 91.2 cm³/mol. The molecule has 3 atom stereocenters. The smallest absolute Gasteiger partial charge is 0.223 e. The number of thiazole rings is 1. The van der Waals surface area contributed by atoms with E-state index in [1.54, 1.807) is 18.5 Å². The molecule has 7 nitrogen and oxygen atoms in total. The molecule has 24 heavy (non-hydrogen) atoms. The summed E-state index contributed by atoms with van der Waals surface area (Å²) in [6, 6.07) is 1.56. The molecule has 3 rings (SSSR count). The largest absolute Gasteiger partial charge is 0.391 e. The molecule has 0 aromatic carbocycles. The van der Waals surface area contributed by atoms with Crippen molar-refractivity contribution in [2.24, 2.45) is 11.7 Å². The molecular formula is C16H21N5O2S. The minimum Gasteiger partial charge on any atom is -0.391 e. The second-order valence-electron chi connectivity index (χ2n) is 6.00. The fourth-order valence-electron chi connectivity index (χ4n) is 2.80. The van der Waals surface area contributed by atoms with Gasteiger partial charge in [0.2, 0.25) is 5.91 Å². The lowest BCUT2D eigenvalue weighted by atomic mass is 9.84. The monoisotopic (exact) mass is 347 g/mol. The van der Waals surface area contributed by atoms with Crippen LogP contribution >= 0.6 is 11.3 Å². The molecule has 1 amide bonds. The molecule has 2 heterocycles. The highest BCUT2D eigenvalue weighted by Gasteiger charge is 2.30. The van der Waals surface area contributed by atoms with Crippen LogP contribution in [0.4, 0.5) is 0 Å². The summed E-state index contributed by atoms with van der Waals surface area (Å²) in [6.07, 6.45) is 5.31. The first-order chi connectivity index (χ1) is 11.6. The number of aliphatic hydroxyl groups is 1. The Bertz CT molecular complexity index is 678. The lowest BCUT2D eigenvalue weighted by molar-refractivity contribution is -0.127. The van der Waals surface area contributed by atoms with Crippen molar-refractivity contribution in [1.82, 2.24) is 20.3 Å². The molecule has 1 fully saturated rings. The number of carbonyl (C=O) groups is 1. The minimum atomic E-state index is -0.582. The molecule has 128 valence electrons. The average molecular weight is 347 g/mol. The summed E-state index contributed by atoms with van der Waals surface area (Å²) in [7, 11) is 0. The SMILES string of the molecule is N[C@@H]1CC[C@H](C(=O)NCCc2csc(-c3ncccn3)n2)C[C@H]1O. The van der Waals surface area contributed by atoms with Crippen LogP contribution in [0.1, 0.15) is 25.0 Å². The lowest BCUT2D eigenvalue weighted by Crippen LogP contribution is -2.44. The molecule has 0 unspecified atom stereocenters. The highest BCUT2D eigenvalue weighted by molar-refractivity contribution is 7.13. The number of rotatable bonds is 5. The van der Waals surface area contributed by atoms with E-state index in [0.29, 0.717) is 31.6 Å². The zero-order chi connectivity index (χ0) is 16.9. The average Bonchev–Trinajstić information content (AvgIpc) is 3.07. The van der Waals surface area contributed by atoms with Crippen molar-refractivity contribution >= 4 is 17.2 Å². The summed E-state index contributed by atoms with van der Waals surface area (Å²) in [5.41, 5.74) is 6.68. The van der Waals surface area contributed by atoms with E-state index in [9.17, 15) is 9.90 Å². The molecule has 0 radical (unpaired) electrons. The third kappa shape index (κ3) is 4.14. The molecule has 2 aromatic rings. The van der Waals surface area contributed by atoms with Crippen LogP contribution in [0.5, 0.6) is 0 Å². The van der Waals surface area contributed by atoms with Gasteiger partial charge in [0.15, 0.2) is 10.8 Å². The van der Waals surface area contributed by atoms with Crippen molar-refractivity contribution in [1.29, 1.82) is 0 Å². The molecule has 1 aliphatic carbocycles. The van der Waals surface area contributed by atoms with Crippen LogP contribution in [-0.2, 0) is 11.2 Å². The summed E-state index contributed by atoms with van der Waals surface area (Å²) in [5.74, 6) is 0.455. The first-order valence-corrected chi connectivity index (χ1v) is 8.94. The van der Waals surface area contributed by atoms with Crippen molar-refractivity contribution in [3.8, 4) is 10.8 Å². The second kappa shape index (κ2) is 7.78. The van der Waals surface area contributed by atoms with Gasteiger partial charge in [-0.3, -0.25) is 4.79 Å². The van der Waals surface area contributed by atoms with Crippen LogP contribution in [-0.4, -0.2) is 44.7 Å². The number of aromatic nitrogens is 3. The number of aliphatic hydroxyl groups excluding tert-OH is 1. The van der Waals surface area contributed by atoms with Gasteiger partial charge in [-0.05, 0) is 25.3 Å². The Hall–Kier alpha value is -1.90. The van der Waals surface area contributed by atoms with E-state index in [4.69, 9.17) is 5.73 Å². The Morgan fingerprint density at radius 3 is 2.92 bits per heavy atom. The van der Waals surface area contributed by atoms with Crippen molar-refractivity contribution in [2.45, 2.75) is 37.8 Å². The number of nitrogens with one attached hydrogen (secondary N) is 1. The van der Waals surface area contributed by atoms with Gasteiger partial charge in [-0.1, -0.05) is 0 Å². The van der Waals surface area contributed by atoms with E-state index < -0.39 is 6.10 Å². The van der Waals surface area contributed by atoms with Gasteiger partial charge in [-0.25, -0.2) is 15.0 Å². The Labute approximate surface area is 144 Å². The van der Waals surface area contributed by atoms with Gasteiger partial charge in [-0.2, -0.15) is 0 Å². The zero-order valence-corrected chi connectivity index (χ0v) is 14.1. The summed E-state index contributed by atoms with van der Waals surface area (Å²) in [4.78, 5) is 25.0. The molecule has 2 aromatic heterocycles. The number of carbonyl (C=O) groups excluding carboxylic acids is 1. The summed E-state index contributed by atoms with van der Waals surface area (Å²) < 4.78 is 0. The third-order valence-corrected chi connectivity index (χ3v) is 5.12. The molecule has 0 bridgehead atoms. The van der Waals surface area contributed by atoms with E-state index >= 15 is 0 Å². The van der Waals surface area contributed by atoms with Crippen LogP contribution in [0.25, 0.3) is 10.8 Å². The maximum atomic E-state index is 12.2. The molecule has 1 saturated carbocycles. The van der Waals surface area contributed by atoms with Gasteiger partial charge in [0, 0.05) is 42.7 Å². The van der Waals surface area contributed by atoms with Crippen molar-refractivity contribution < 1.29 is 9.90 Å². The number of hydrogen-bond acceptors (Lipinski definition) is 7. The van der Waals surface area contributed by atoms with Crippen LogP contribution in [0.15, 0.2) is 23.8 Å². The molecule has 1 aliphatic rings. The lowest BCUT2D eigenvalue weighted by Gasteiger charge is -2.29. The highest BCUT2D eigenvalue weighted by Crippen LogP contribution is 2.24. The van der Waals surface area contributed by atoms with Gasteiger partial charge in [0.05, 0.1) is 11.8 Å². The van der Waals surface area contributed by atoms with E-state index in [1.807, 2.05) is 5.38 Å². The van der Waals surface area contributed by atoms with Crippen LogP contribution in [0, 0.1) is 5.92 Å². The number of nitrogens with two attached hydrogens (primary N) is 1. The van der Waals surface area contributed by atoms with Crippen molar-refractivity contribution in [3.05, 3.63) is 29.5 Å². The Morgan fingerprint density at radius 1 is 1.38 bits per heavy atom. The second-order valence-corrected chi connectivity index (χ2v) is 6.86. The van der Waals surface area contributed by atoms with Crippen LogP contribution < -0.4 is 11.1 Å². The summed E-state index contributed by atoms with van der Waals surface area (Å²) >= 11 is 1.49. The first kappa shape index (κ1) is 16.9. The van der Waals surface area contributed by atoms with E-state index in [0.717, 1.165) is 17.1 Å². The van der Waals surface area contributed by atoms with E-state index in [2.05, 4.69) is 20.3 Å². The number of hydrogen-bond donors (Lipinski definition) is 3. The quantitative estimate of drug-likeness (QED) is 0.735. The molecule has 0 saturated heterocycles. The van der Waals surface area contributed by atoms with Crippen LogP contribution in [0.2, 0.25) is 0 Å². The van der Waals surface area contributed by atoms with Gasteiger partial charge in [0.1, 0.15) is 0 Å². The minimum absolute atomic E-state index is 0.0113. The van der Waals surface area contributed by atoms with Gasteiger partial charge >= 0.3 is 0 Å². The topological polar surface area (TPSA) is 114 Å². The number of amides is 1. The maximum absolute atomic E-state index is 12.2. The first-order valence-electron chi connectivity index (χ1n) is 8.06. The fraction of sp³-hybridized carbons (Fsp3) is 0.500. The van der Waals surface area contributed by atoms with Crippen molar-refractivity contribution in [3.63, 3.8) is 0 Å². The zero-order valence-electron chi connectivity index (χ0n) is 13.3. The Kier molecular flexibility index (Phi) is 5.49. The molecule has 0 aliphatic heterocycles. The van der Waals surface area contributed by atoms with Crippen molar-refractivity contribution in [2.75, 3.05) is 6.54 Å². The Morgan fingerprint density at radius 2 is 2.17 bits per heavy atom.